The minimum atomic E-state index is -0.829. The highest BCUT2D eigenvalue weighted by molar-refractivity contribution is 6.37. The normalized spacial score (nSPS) is 22.2. The first-order valence-corrected chi connectivity index (χ1v) is 16.3. The zero-order valence-corrected chi connectivity index (χ0v) is 26.0. The van der Waals surface area contributed by atoms with E-state index >= 15 is 0 Å². The Kier molecular flexibility index (Phi) is 9.47. The number of para-hydroxylation sites is 2. The molecule has 2 aliphatic carbocycles. The Balaban J connectivity index is 1.35. The van der Waals surface area contributed by atoms with Crippen LogP contribution in [-0.4, -0.2) is 27.4 Å². The first kappa shape index (κ1) is 31.7. The summed E-state index contributed by atoms with van der Waals surface area (Å²) < 4.78 is 0.919. The van der Waals surface area contributed by atoms with Crippen molar-refractivity contribution in [2.24, 2.45) is 17.8 Å². The Morgan fingerprint density at radius 1 is 0.766 bits per heavy atom. The molecular formula is C37H37N4O6-. The summed E-state index contributed by atoms with van der Waals surface area (Å²) in [6.07, 6.45) is 16.4. The van der Waals surface area contributed by atoms with Crippen LogP contribution in [0.25, 0.3) is 11.8 Å². The van der Waals surface area contributed by atoms with E-state index in [0.29, 0.717) is 17.3 Å². The fraction of sp³-hybridized carbons (Fsp3) is 0.324. The van der Waals surface area contributed by atoms with Gasteiger partial charge in [-0.2, -0.15) is 0 Å². The van der Waals surface area contributed by atoms with E-state index in [0.717, 1.165) is 46.6 Å². The van der Waals surface area contributed by atoms with Crippen LogP contribution in [0.5, 0.6) is 5.88 Å². The summed E-state index contributed by atoms with van der Waals surface area (Å²) in [5.74, 6) is -0.874. The van der Waals surface area contributed by atoms with Crippen molar-refractivity contribution in [3.63, 3.8) is 0 Å². The average molecular weight is 634 g/mol. The lowest BCUT2D eigenvalue weighted by molar-refractivity contribution is -0.278. The van der Waals surface area contributed by atoms with E-state index in [9.17, 15) is 29.1 Å². The molecule has 3 aliphatic rings. The van der Waals surface area contributed by atoms with Crippen molar-refractivity contribution in [2.45, 2.75) is 57.8 Å². The molecule has 0 spiro atoms. The first-order chi connectivity index (χ1) is 22.8. The topological polar surface area (TPSA) is 144 Å². The number of nitrogens with zero attached hydrogens (tertiary/aromatic N) is 2. The smallest absolute Gasteiger partial charge is 0.335 e. The third-order valence-electron chi connectivity index (χ3n) is 9.68. The largest absolute Gasteiger partial charge is 0.859 e. The lowest BCUT2D eigenvalue weighted by Crippen LogP contribution is -2.54. The maximum atomic E-state index is 13.4. The summed E-state index contributed by atoms with van der Waals surface area (Å²) in [5.41, 5.74) is -0.668. The van der Waals surface area contributed by atoms with Gasteiger partial charge >= 0.3 is 11.7 Å². The van der Waals surface area contributed by atoms with Crippen LogP contribution in [0, 0.1) is 17.8 Å². The molecule has 2 heterocycles. The second kappa shape index (κ2) is 14.0. The highest BCUT2D eigenvalue weighted by atomic mass is 16.3. The molecule has 0 radical (unpaired) electrons. The fourth-order valence-electron chi connectivity index (χ4n) is 7.19. The number of barbiturate groups is 1. The molecule has 4 amide bonds. The van der Waals surface area contributed by atoms with Crippen LogP contribution in [-0.2, 0) is 9.59 Å². The molecule has 47 heavy (non-hydrogen) atoms. The molecule has 10 heteroatoms. The van der Waals surface area contributed by atoms with Crippen LogP contribution in [0.3, 0.4) is 0 Å². The van der Waals surface area contributed by atoms with Gasteiger partial charge in [-0.25, -0.2) is 14.5 Å². The minimum Gasteiger partial charge on any atom is -0.859 e. The molecule has 1 saturated heterocycles. The molecule has 242 valence electrons. The zero-order chi connectivity index (χ0) is 32.9. The van der Waals surface area contributed by atoms with Crippen LogP contribution in [0.1, 0.15) is 63.4 Å². The third-order valence-corrected chi connectivity index (χ3v) is 9.68. The highest BCUT2D eigenvalue weighted by Crippen LogP contribution is 2.42. The van der Waals surface area contributed by atoms with Crippen molar-refractivity contribution in [2.75, 3.05) is 4.90 Å². The summed E-state index contributed by atoms with van der Waals surface area (Å²) >= 11 is 0. The molecule has 0 atom stereocenters. The van der Waals surface area contributed by atoms with Gasteiger partial charge in [0.2, 0.25) is 0 Å². The van der Waals surface area contributed by atoms with Crippen molar-refractivity contribution < 1.29 is 19.5 Å². The van der Waals surface area contributed by atoms with Gasteiger partial charge in [0.15, 0.2) is 0 Å². The Morgan fingerprint density at radius 3 is 2.04 bits per heavy atom. The van der Waals surface area contributed by atoms with Crippen LogP contribution >= 0.6 is 0 Å². The van der Waals surface area contributed by atoms with E-state index in [4.69, 9.17) is 0 Å². The molecule has 0 bridgehead atoms. The third kappa shape index (κ3) is 6.82. The number of allylic oxidation sites excluding steroid dienone is 4. The van der Waals surface area contributed by atoms with Crippen LogP contribution in [0.4, 0.5) is 10.5 Å². The van der Waals surface area contributed by atoms with Gasteiger partial charge in [0.05, 0.1) is 5.69 Å². The maximum Gasteiger partial charge on any atom is 0.335 e. The van der Waals surface area contributed by atoms with E-state index < -0.39 is 35.0 Å². The number of urea groups is 1. The lowest BCUT2D eigenvalue weighted by atomic mass is 9.69. The first-order valence-electron chi connectivity index (χ1n) is 16.3. The van der Waals surface area contributed by atoms with Gasteiger partial charge in [0, 0.05) is 11.3 Å². The van der Waals surface area contributed by atoms with Crippen molar-refractivity contribution in [1.29, 1.82) is 0 Å². The quantitative estimate of drug-likeness (QED) is 0.210. The fourth-order valence-corrected chi connectivity index (χ4v) is 7.19. The van der Waals surface area contributed by atoms with Crippen molar-refractivity contribution >= 4 is 29.6 Å². The van der Waals surface area contributed by atoms with E-state index in [1.165, 1.54) is 44.3 Å². The average Bonchev–Trinajstić information content (AvgIpc) is 3.08. The number of carbonyl (C=O) groups is 3. The Labute approximate surface area is 272 Å². The number of carbonyl (C=O) groups excluding carboxylic acids is 3. The van der Waals surface area contributed by atoms with Crippen molar-refractivity contribution in [3.8, 4) is 11.6 Å². The molecule has 0 unspecified atom stereocenters. The number of H-pyrrole nitrogens is 1. The second-order valence-electron chi connectivity index (χ2n) is 12.5. The predicted octanol–water partition coefficient (Wildman–Crippen LogP) is 5.14. The van der Waals surface area contributed by atoms with E-state index in [-0.39, 0.29) is 17.1 Å². The van der Waals surface area contributed by atoms with Crippen LogP contribution in [0.2, 0.25) is 0 Å². The van der Waals surface area contributed by atoms with Gasteiger partial charge in [-0.3, -0.25) is 29.3 Å². The summed E-state index contributed by atoms with van der Waals surface area (Å²) in [7, 11) is 0. The summed E-state index contributed by atoms with van der Waals surface area (Å²) in [6, 6.07) is 15.9. The van der Waals surface area contributed by atoms with Crippen LogP contribution < -0.4 is 26.6 Å². The Bertz CT molecular complexity index is 1860. The van der Waals surface area contributed by atoms with E-state index in [2.05, 4.69) is 10.3 Å². The minimum absolute atomic E-state index is 0.0470. The molecule has 3 aromatic rings. The zero-order valence-electron chi connectivity index (χ0n) is 26.0. The number of anilines is 1. The van der Waals surface area contributed by atoms with Gasteiger partial charge in [-0.1, -0.05) is 80.7 Å². The molecule has 6 rings (SSSR count). The van der Waals surface area contributed by atoms with Gasteiger partial charge in [0.1, 0.15) is 5.57 Å². The highest BCUT2D eigenvalue weighted by Gasteiger charge is 2.36. The molecule has 1 aromatic heterocycles. The summed E-state index contributed by atoms with van der Waals surface area (Å²) in [5, 5.41) is 15.7. The van der Waals surface area contributed by atoms with Crippen molar-refractivity contribution in [1.82, 2.24) is 14.9 Å². The lowest BCUT2D eigenvalue weighted by Gasteiger charge is -2.36. The van der Waals surface area contributed by atoms with Crippen molar-refractivity contribution in [3.05, 3.63) is 116 Å². The van der Waals surface area contributed by atoms with E-state index in [1.54, 1.807) is 72.8 Å². The van der Waals surface area contributed by atoms with Crippen LogP contribution in [0.15, 0.2) is 99.6 Å². The number of hydrogen-bond acceptors (Lipinski definition) is 6. The van der Waals surface area contributed by atoms with Gasteiger partial charge in [0.25, 0.3) is 17.4 Å². The Morgan fingerprint density at radius 2 is 1.38 bits per heavy atom. The molecule has 2 aromatic carbocycles. The van der Waals surface area contributed by atoms with Gasteiger partial charge in [-0.15, -0.1) is 0 Å². The SMILES string of the molecule is O=C1NC(=O)N(c2ccccc2)C(=O)/C1=C/C=C(/C=C/c1c([O-])n(-c2ccccc2)c(=O)[nH]c1=O)C1CCC(C2CCCCC2)CC1. The number of aromatic amines is 1. The molecule has 2 saturated carbocycles. The number of hydrogen-bond donors (Lipinski definition) is 2. The molecule has 10 nitrogen and oxygen atoms in total. The maximum absolute atomic E-state index is 13.4. The number of aromatic nitrogens is 2. The molecule has 2 N–H and O–H groups in total. The standard InChI is InChI=1S/C37H38N4O6/c42-32-30(34(44)40(36(46)38-32)28-12-6-2-7-13-28)22-20-27(26-18-16-25(17-19-26)24-10-4-1-5-11-24)21-23-31-33(43)39-37(47)41(35(31)45)29-14-8-3-9-15-29/h2-3,6-9,12-15,20-26,44H,1,4-5,10-11,16-19H2,(H,38,42,46)(H,39,43,47)/p-1/b22-20+,27-21-,31-23+. The second-order valence-corrected chi connectivity index (χ2v) is 12.5. The molecular weight excluding hydrogens is 596 g/mol. The van der Waals surface area contributed by atoms with E-state index in [1.807, 2.05) is 0 Å². The monoisotopic (exact) mass is 633 g/mol. The molecule has 3 fully saturated rings. The number of benzene rings is 2. The van der Waals surface area contributed by atoms with Gasteiger partial charge in [-0.05, 0) is 91.3 Å². The molecule has 1 aliphatic heterocycles. The number of imide groups is 2. The summed E-state index contributed by atoms with van der Waals surface area (Å²) in [4.78, 5) is 67.6. The number of nitrogens with one attached hydrogen (secondary N) is 2. The Hall–Kier alpha value is -5.25. The van der Waals surface area contributed by atoms with Gasteiger partial charge < -0.3 is 5.11 Å². The number of rotatable bonds is 7. The summed E-state index contributed by atoms with van der Waals surface area (Å²) in [6.45, 7) is 0. The number of amides is 4. The predicted molar refractivity (Wildman–Crippen MR) is 177 cm³/mol.